The Balaban J connectivity index is 3.12. The molecule has 0 fully saturated rings. The Morgan fingerprint density at radius 1 is 1.40 bits per heavy atom. The molecular formula is C9H8Si. The molecule has 1 heteroatoms. The van der Waals surface area contributed by atoms with Gasteiger partial charge >= 0.3 is 0 Å². The van der Waals surface area contributed by atoms with Crippen molar-refractivity contribution in [2.45, 2.75) is 6.55 Å². The van der Waals surface area contributed by atoms with Crippen molar-refractivity contribution in [3.8, 4) is 12.3 Å². The van der Waals surface area contributed by atoms with Gasteiger partial charge in [-0.2, -0.15) is 0 Å². The largest absolute Gasteiger partial charge is 0.115 e. The van der Waals surface area contributed by atoms with Crippen molar-refractivity contribution >= 4 is 14.7 Å². The fraction of sp³-hybridized carbons (Fsp3) is 0.111. The maximum Gasteiger partial charge on any atom is 0.0790 e. The Hall–Kier alpha value is -1.00. The first-order valence-electron chi connectivity index (χ1n) is 3.12. The van der Waals surface area contributed by atoms with E-state index in [1.165, 1.54) is 5.19 Å². The summed E-state index contributed by atoms with van der Waals surface area (Å²) in [5, 5.41) is 1.28. The lowest BCUT2D eigenvalue weighted by molar-refractivity contribution is 1.70. The van der Waals surface area contributed by atoms with E-state index in [0.29, 0.717) is 0 Å². The molecule has 0 bridgehead atoms. The van der Waals surface area contributed by atoms with Gasteiger partial charge in [0.25, 0.3) is 0 Å². The van der Waals surface area contributed by atoms with Crippen LogP contribution in [0.25, 0.3) is 0 Å². The first-order chi connectivity index (χ1) is 4.88. The molecule has 1 aromatic rings. The van der Waals surface area contributed by atoms with Crippen molar-refractivity contribution in [3.63, 3.8) is 0 Å². The molecule has 10 heavy (non-hydrogen) atoms. The minimum absolute atomic E-state index is 0.793. The van der Waals surface area contributed by atoms with E-state index >= 15 is 0 Å². The quantitative estimate of drug-likeness (QED) is 0.408. The Morgan fingerprint density at radius 3 is 2.60 bits per heavy atom. The summed E-state index contributed by atoms with van der Waals surface area (Å²) in [5.74, 6) is 2.65. The zero-order chi connectivity index (χ0) is 7.40. The average Bonchev–Trinajstić information content (AvgIpc) is 2.04. The van der Waals surface area contributed by atoms with Gasteiger partial charge in [-0.3, -0.25) is 0 Å². The van der Waals surface area contributed by atoms with Gasteiger partial charge < -0.3 is 0 Å². The van der Waals surface area contributed by atoms with Crippen molar-refractivity contribution in [2.24, 2.45) is 0 Å². The molecule has 1 aromatic carbocycles. The van der Waals surface area contributed by atoms with Crippen LogP contribution in [0.15, 0.2) is 24.3 Å². The van der Waals surface area contributed by atoms with Gasteiger partial charge in [0.1, 0.15) is 0 Å². The fourth-order valence-corrected chi connectivity index (χ4v) is 1.51. The second kappa shape index (κ2) is 3.24. The van der Waals surface area contributed by atoms with Crippen LogP contribution in [0.4, 0.5) is 0 Å². The van der Waals surface area contributed by atoms with Crippen molar-refractivity contribution in [3.05, 3.63) is 29.8 Å². The first-order valence-corrected chi connectivity index (χ1v) is 4.62. The minimum Gasteiger partial charge on any atom is -0.115 e. The Labute approximate surface area is 64.1 Å². The van der Waals surface area contributed by atoms with Crippen LogP contribution in [-0.2, 0) is 0 Å². The topological polar surface area (TPSA) is 0 Å². The van der Waals surface area contributed by atoms with E-state index in [1.54, 1.807) is 0 Å². The normalized spacial score (nSPS) is 8.80. The van der Waals surface area contributed by atoms with Crippen LogP contribution in [0.1, 0.15) is 5.56 Å². The number of benzene rings is 1. The van der Waals surface area contributed by atoms with Gasteiger partial charge in [-0.05, 0) is 11.3 Å². The highest BCUT2D eigenvalue weighted by Gasteiger charge is 1.93. The van der Waals surface area contributed by atoms with Crippen molar-refractivity contribution in [1.82, 2.24) is 0 Å². The summed E-state index contributed by atoms with van der Waals surface area (Å²) >= 11 is 0. The third kappa shape index (κ3) is 1.28. The summed E-state index contributed by atoms with van der Waals surface area (Å²) in [6, 6.07) is 8.05. The third-order valence-electron chi connectivity index (χ3n) is 1.35. The number of hydrogen-bond acceptors (Lipinski definition) is 0. The lowest BCUT2D eigenvalue weighted by Crippen LogP contribution is -2.13. The molecule has 0 aromatic heterocycles. The van der Waals surface area contributed by atoms with E-state index in [1.807, 2.05) is 18.2 Å². The average molecular weight is 144 g/mol. The maximum absolute atomic E-state index is 5.28. The van der Waals surface area contributed by atoms with Crippen molar-refractivity contribution in [1.29, 1.82) is 0 Å². The molecule has 0 spiro atoms. The molecule has 0 nitrogen and oxygen atoms in total. The molecule has 0 amide bonds. The van der Waals surface area contributed by atoms with Gasteiger partial charge in [-0.25, -0.2) is 0 Å². The third-order valence-corrected chi connectivity index (χ3v) is 2.33. The number of terminal acetylenes is 1. The van der Waals surface area contributed by atoms with E-state index < -0.39 is 0 Å². The van der Waals surface area contributed by atoms with Crippen LogP contribution in [0.2, 0.25) is 6.55 Å². The molecule has 0 aliphatic heterocycles. The molecule has 0 atom stereocenters. The van der Waals surface area contributed by atoms with E-state index in [2.05, 4.69) is 18.5 Å². The number of rotatable bonds is 1. The van der Waals surface area contributed by atoms with Crippen molar-refractivity contribution < 1.29 is 0 Å². The molecule has 0 aliphatic carbocycles. The lowest BCUT2D eigenvalue weighted by Gasteiger charge is -1.97. The molecule has 1 rings (SSSR count). The Kier molecular flexibility index (Phi) is 2.30. The summed E-state index contributed by atoms with van der Waals surface area (Å²) < 4.78 is 0. The molecule has 48 valence electrons. The predicted molar refractivity (Wildman–Crippen MR) is 45.6 cm³/mol. The van der Waals surface area contributed by atoms with Gasteiger partial charge in [0.2, 0.25) is 0 Å². The number of hydrogen-bond donors (Lipinski definition) is 0. The van der Waals surface area contributed by atoms with Crippen LogP contribution < -0.4 is 5.19 Å². The van der Waals surface area contributed by atoms with Crippen LogP contribution in [0, 0.1) is 12.3 Å². The molecule has 0 saturated carbocycles. The van der Waals surface area contributed by atoms with Crippen LogP contribution in [-0.4, -0.2) is 9.52 Å². The lowest BCUT2D eigenvalue weighted by atomic mass is 10.2. The Morgan fingerprint density at radius 2 is 2.10 bits per heavy atom. The summed E-state index contributed by atoms with van der Waals surface area (Å²) in [7, 11) is 0.793. The van der Waals surface area contributed by atoms with E-state index in [0.717, 1.165) is 15.1 Å². The van der Waals surface area contributed by atoms with Gasteiger partial charge in [-0.1, -0.05) is 30.7 Å². The molecule has 2 radical (unpaired) electrons. The van der Waals surface area contributed by atoms with Gasteiger partial charge in [0.15, 0.2) is 0 Å². The van der Waals surface area contributed by atoms with Crippen LogP contribution in [0.3, 0.4) is 0 Å². The van der Waals surface area contributed by atoms with Crippen LogP contribution >= 0.6 is 0 Å². The Bertz CT molecular complexity index is 258. The second-order valence-corrected chi connectivity index (χ2v) is 2.98. The molecule has 0 N–H and O–H groups in total. The highest BCUT2D eigenvalue weighted by atomic mass is 28.2. The van der Waals surface area contributed by atoms with Gasteiger partial charge in [-0.15, -0.1) is 6.42 Å². The standard InChI is InChI=1S/C9H8Si/c1-3-8-6-4-5-7-9(8)10-2/h1,4-7H,2H3. The van der Waals surface area contributed by atoms with E-state index in [9.17, 15) is 0 Å². The van der Waals surface area contributed by atoms with Crippen molar-refractivity contribution in [2.75, 3.05) is 0 Å². The minimum atomic E-state index is 0.793. The molecule has 0 unspecified atom stereocenters. The zero-order valence-corrected chi connectivity index (χ0v) is 6.89. The highest BCUT2D eigenvalue weighted by Crippen LogP contribution is 1.91. The maximum atomic E-state index is 5.28. The fourth-order valence-electron chi connectivity index (χ4n) is 0.827. The van der Waals surface area contributed by atoms with E-state index in [-0.39, 0.29) is 0 Å². The second-order valence-electron chi connectivity index (χ2n) is 1.94. The SMILES string of the molecule is C#Cc1ccccc1[Si]C. The molecule has 0 aliphatic rings. The smallest absolute Gasteiger partial charge is 0.0790 e. The summed E-state index contributed by atoms with van der Waals surface area (Å²) in [5.41, 5.74) is 1.03. The van der Waals surface area contributed by atoms with Crippen LogP contribution in [0.5, 0.6) is 0 Å². The monoisotopic (exact) mass is 144 g/mol. The molecular weight excluding hydrogens is 136 g/mol. The first kappa shape index (κ1) is 7.11. The summed E-state index contributed by atoms with van der Waals surface area (Å²) in [4.78, 5) is 0. The zero-order valence-electron chi connectivity index (χ0n) is 5.89. The molecule has 0 saturated heterocycles. The highest BCUT2D eigenvalue weighted by molar-refractivity contribution is 6.52. The van der Waals surface area contributed by atoms with Gasteiger partial charge in [0.05, 0.1) is 9.52 Å². The van der Waals surface area contributed by atoms with Gasteiger partial charge in [0, 0.05) is 5.56 Å². The predicted octanol–water partition coefficient (Wildman–Crippen LogP) is 1.05. The summed E-state index contributed by atoms with van der Waals surface area (Å²) in [6.45, 7) is 2.14. The summed E-state index contributed by atoms with van der Waals surface area (Å²) in [6.07, 6.45) is 5.28. The molecule has 0 heterocycles. The van der Waals surface area contributed by atoms with E-state index in [4.69, 9.17) is 6.42 Å².